The second kappa shape index (κ2) is 7.72. The van der Waals surface area contributed by atoms with Crippen molar-refractivity contribution in [2.75, 3.05) is 33.3 Å². The standard InChI is InChI=1S/C17H23FN4O2/c1-22-6-2-3-12(9-22)8-19-17(23)11-24-10-16-20-14-5-4-13(18)7-15(14)21-16/h4-5,7,12H,2-3,6,8-11H2,1H3,(H,19,23)(H,20,21). The van der Waals surface area contributed by atoms with Gasteiger partial charge in [0.2, 0.25) is 5.91 Å². The molecule has 1 amide bonds. The van der Waals surface area contributed by atoms with Crippen LogP contribution >= 0.6 is 0 Å². The fraction of sp³-hybridized carbons (Fsp3) is 0.529. The van der Waals surface area contributed by atoms with E-state index in [1.807, 2.05) is 0 Å². The third-order valence-corrected chi connectivity index (χ3v) is 4.27. The molecule has 0 saturated carbocycles. The van der Waals surface area contributed by atoms with E-state index in [2.05, 4.69) is 27.2 Å². The number of benzene rings is 1. The maximum Gasteiger partial charge on any atom is 0.246 e. The van der Waals surface area contributed by atoms with Crippen LogP contribution in [0.2, 0.25) is 0 Å². The highest BCUT2D eigenvalue weighted by Crippen LogP contribution is 2.14. The molecule has 1 aliphatic rings. The average molecular weight is 334 g/mol. The molecule has 1 fully saturated rings. The Kier molecular flexibility index (Phi) is 5.42. The van der Waals surface area contributed by atoms with Crippen molar-refractivity contribution in [1.29, 1.82) is 0 Å². The zero-order valence-electron chi connectivity index (χ0n) is 13.8. The van der Waals surface area contributed by atoms with Crippen LogP contribution in [0.25, 0.3) is 11.0 Å². The fourth-order valence-electron chi connectivity index (χ4n) is 3.09. The third kappa shape index (κ3) is 4.52. The van der Waals surface area contributed by atoms with Gasteiger partial charge in [-0.15, -0.1) is 0 Å². The smallest absolute Gasteiger partial charge is 0.246 e. The molecule has 2 aromatic rings. The minimum atomic E-state index is -0.314. The van der Waals surface area contributed by atoms with E-state index in [0.29, 0.717) is 29.3 Å². The number of likely N-dealkylation sites (tertiary alicyclic amines) is 1. The number of amides is 1. The molecule has 3 rings (SSSR count). The summed E-state index contributed by atoms with van der Waals surface area (Å²) in [4.78, 5) is 21.4. The van der Waals surface area contributed by atoms with Gasteiger partial charge in [-0.25, -0.2) is 9.37 Å². The molecule has 1 atom stereocenters. The summed E-state index contributed by atoms with van der Waals surface area (Å²) in [6.45, 7) is 3.03. The van der Waals surface area contributed by atoms with Crippen molar-refractivity contribution in [3.63, 3.8) is 0 Å². The van der Waals surface area contributed by atoms with Crippen LogP contribution in [0.4, 0.5) is 4.39 Å². The summed E-state index contributed by atoms with van der Waals surface area (Å²) in [7, 11) is 2.11. The van der Waals surface area contributed by atoms with Crippen LogP contribution in [-0.4, -0.2) is 54.1 Å². The van der Waals surface area contributed by atoms with Gasteiger partial charge >= 0.3 is 0 Å². The molecule has 24 heavy (non-hydrogen) atoms. The van der Waals surface area contributed by atoms with Crippen molar-refractivity contribution in [1.82, 2.24) is 20.2 Å². The second-order valence-corrected chi connectivity index (χ2v) is 6.41. The first-order valence-corrected chi connectivity index (χ1v) is 8.27. The quantitative estimate of drug-likeness (QED) is 0.843. The van der Waals surface area contributed by atoms with Crippen molar-refractivity contribution >= 4 is 16.9 Å². The maximum atomic E-state index is 13.1. The van der Waals surface area contributed by atoms with Crippen molar-refractivity contribution < 1.29 is 13.9 Å². The summed E-state index contributed by atoms with van der Waals surface area (Å²) in [5, 5.41) is 2.92. The van der Waals surface area contributed by atoms with Crippen LogP contribution < -0.4 is 5.32 Å². The van der Waals surface area contributed by atoms with Gasteiger partial charge in [0.25, 0.3) is 0 Å². The van der Waals surface area contributed by atoms with Gasteiger partial charge in [0, 0.05) is 13.1 Å². The topological polar surface area (TPSA) is 70.2 Å². The number of imidazole rings is 1. The van der Waals surface area contributed by atoms with Crippen LogP contribution in [0.5, 0.6) is 0 Å². The lowest BCUT2D eigenvalue weighted by atomic mass is 9.98. The highest BCUT2D eigenvalue weighted by Gasteiger charge is 2.17. The van der Waals surface area contributed by atoms with E-state index in [9.17, 15) is 9.18 Å². The Bertz CT molecular complexity index is 703. The lowest BCUT2D eigenvalue weighted by Crippen LogP contribution is -2.40. The molecule has 2 heterocycles. The molecule has 1 unspecified atom stereocenters. The molecular weight excluding hydrogens is 311 g/mol. The SMILES string of the molecule is CN1CCCC(CNC(=O)COCc2nc3ccc(F)cc3[nH]2)C1. The molecule has 0 radical (unpaired) electrons. The van der Waals surface area contributed by atoms with Crippen molar-refractivity contribution in [3.8, 4) is 0 Å². The van der Waals surface area contributed by atoms with Crippen LogP contribution in [0.3, 0.4) is 0 Å². The number of fused-ring (bicyclic) bond motifs is 1. The molecule has 6 nitrogen and oxygen atoms in total. The van der Waals surface area contributed by atoms with E-state index in [1.165, 1.54) is 18.6 Å². The molecule has 2 N–H and O–H groups in total. The molecule has 130 valence electrons. The summed E-state index contributed by atoms with van der Waals surface area (Å²) in [5.41, 5.74) is 1.31. The highest BCUT2D eigenvalue weighted by atomic mass is 19.1. The molecule has 7 heteroatoms. The first kappa shape index (κ1) is 16.9. The number of hydrogen-bond donors (Lipinski definition) is 2. The van der Waals surface area contributed by atoms with E-state index in [1.54, 1.807) is 6.07 Å². The van der Waals surface area contributed by atoms with E-state index in [-0.39, 0.29) is 24.9 Å². The number of hydrogen-bond acceptors (Lipinski definition) is 4. The van der Waals surface area contributed by atoms with Crippen molar-refractivity contribution in [3.05, 3.63) is 29.8 Å². The highest BCUT2D eigenvalue weighted by molar-refractivity contribution is 5.77. The minimum absolute atomic E-state index is 0.00599. The molecule has 0 aliphatic carbocycles. The summed E-state index contributed by atoms with van der Waals surface area (Å²) < 4.78 is 18.5. The summed E-state index contributed by atoms with van der Waals surface area (Å²) in [5.74, 6) is 0.659. The monoisotopic (exact) mass is 334 g/mol. The number of carbonyl (C=O) groups is 1. The molecule has 0 spiro atoms. The van der Waals surface area contributed by atoms with Gasteiger partial charge in [-0.3, -0.25) is 4.79 Å². The molecule has 0 bridgehead atoms. The summed E-state index contributed by atoms with van der Waals surface area (Å²) in [6, 6.07) is 4.36. The number of piperidine rings is 1. The number of halogens is 1. The molecule has 1 saturated heterocycles. The summed E-state index contributed by atoms with van der Waals surface area (Å²) >= 11 is 0. The predicted octanol–water partition coefficient (Wildman–Crippen LogP) is 1.68. The van der Waals surface area contributed by atoms with Crippen molar-refractivity contribution in [2.24, 2.45) is 5.92 Å². The Hall–Kier alpha value is -1.99. The van der Waals surface area contributed by atoms with E-state index < -0.39 is 0 Å². The van der Waals surface area contributed by atoms with Gasteiger partial charge in [0.1, 0.15) is 24.9 Å². The van der Waals surface area contributed by atoms with E-state index >= 15 is 0 Å². The first-order chi connectivity index (χ1) is 11.6. The number of nitrogens with zero attached hydrogens (tertiary/aromatic N) is 2. The van der Waals surface area contributed by atoms with Crippen LogP contribution in [-0.2, 0) is 16.1 Å². The predicted molar refractivity (Wildman–Crippen MR) is 88.9 cm³/mol. The summed E-state index contributed by atoms with van der Waals surface area (Å²) in [6.07, 6.45) is 2.33. The number of aromatic amines is 1. The zero-order chi connectivity index (χ0) is 16.9. The Balaban J connectivity index is 1.39. The number of nitrogens with one attached hydrogen (secondary N) is 2. The largest absolute Gasteiger partial charge is 0.364 e. The molecule has 1 aliphatic heterocycles. The van der Waals surface area contributed by atoms with E-state index in [0.717, 1.165) is 19.5 Å². The van der Waals surface area contributed by atoms with Crippen LogP contribution in [0.15, 0.2) is 18.2 Å². The van der Waals surface area contributed by atoms with Crippen molar-refractivity contribution in [2.45, 2.75) is 19.4 Å². The zero-order valence-corrected chi connectivity index (χ0v) is 13.8. The first-order valence-electron chi connectivity index (χ1n) is 8.27. The molecule has 1 aromatic carbocycles. The minimum Gasteiger partial charge on any atom is -0.364 e. The number of carbonyl (C=O) groups excluding carboxylic acids is 1. The normalized spacial score (nSPS) is 18.8. The van der Waals surface area contributed by atoms with E-state index in [4.69, 9.17) is 4.74 Å². The third-order valence-electron chi connectivity index (χ3n) is 4.27. The fourth-order valence-corrected chi connectivity index (χ4v) is 3.09. The van der Waals surface area contributed by atoms with Gasteiger partial charge in [-0.2, -0.15) is 0 Å². The number of aromatic nitrogens is 2. The number of H-pyrrole nitrogens is 1. The van der Waals surface area contributed by atoms with Gasteiger partial charge in [-0.05, 0) is 50.6 Å². The van der Waals surface area contributed by atoms with Gasteiger partial charge in [0.15, 0.2) is 0 Å². The maximum absolute atomic E-state index is 13.1. The molecule has 1 aromatic heterocycles. The number of ether oxygens (including phenoxy) is 1. The Morgan fingerprint density at radius 3 is 3.25 bits per heavy atom. The van der Waals surface area contributed by atoms with Crippen LogP contribution in [0.1, 0.15) is 18.7 Å². The second-order valence-electron chi connectivity index (χ2n) is 6.41. The lowest BCUT2D eigenvalue weighted by molar-refractivity contribution is -0.126. The molecular formula is C17H23FN4O2. The Labute approximate surface area is 140 Å². The van der Waals surface area contributed by atoms with Gasteiger partial charge in [-0.1, -0.05) is 0 Å². The van der Waals surface area contributed by atoms with Gasteiger partial charge in [0.05, 0.1) is 11.0 Å². The number of rotatable bonds is 6. The average Bonchev–Trinajstić information content (AvgIpc) is 2.95. The lowest BCUT2D eigenvalue weighted by Gasteiger charge is -2.29. The van der Waals surface area contributed by atoms with Gasteiger partial charge < -0.3 is 19.9 Å². The Morgan fingerprint density at radius 1 is 1.54 bits per heavy atom. The van der Waals surface area contributed by atoms with Crippen LogP contribution in [0, 0.1) is 11.7 Å². The Morgan fingerprint density at radius 2 is 2.42 bits per heavy atom.